The Balaban J connectivity index is 0. The molecule has 0 fully saturated rings. The second kappa shape index (κ2) is 6.10. The fourth-order valence-electron chi connectivity index (χ4n) is 0.989. The second-order valence-corrected chi connectivity index (χ2v) is 3.66. The SMILES string of the molecule is CN(C)C(C)(C)n1cccnc1=O.Cl.Cl. The zero-order chi connectivity index (χ0) is 10.1. The molecule has 0 aliphatic heterocycles. The standard InChI is InChI=1S/C9H15N3O.2ClH/c1-9(2,11(3)4)12-7-5-6-10-8(12)13;;/h5-7H,1-4H3;2*1H. The summed E-state index contributed by atoms with van der Waals surface area (Å²) in [4.78, 5) is 17.1. The summed E-state index contributed by atoms with van der Waals surface area (Å²) in [5.41, 5.74) is -0.563. The lowest BCUT2D eigenvalue weighted by Gasteiger charge is -2.33. The van der Waals surface area contributed by atoms with E-state index in [1.165, 1.54) is 6.20 Å². The Morgan fingerprint density at radius 1 is 1.33 bits per heavy atom. The molecule has 0 N–H and O–H groups in total. The molecule has 1 aromatic rings. The third-order valence-electron chi connectivity index (χ3n) is 2.40. The van der Waals surface area contributed by atoms with Crippen LogP contribution in [0, 0.1) is 0 Å². The first kappa shape index (κ1) is 16.8. The van der Waals surface area contributed by atoms with E-state index in [0.717, 1.165) is 0 Å². The fourth-order valence-corrected chi connectivity index (χ4v) is 0.989. The highest BCUT2D eigenvalue weighted by molar-refractivity contribution is 5.85. The molecule has 0 saturated heterocycles. The largest absolute Gasteiger partial charge is 0.349 e. The first-order chi connectivity index (χ1) is 5.96. The van der Waals surface area contributed by atoms with Crippen molar-refractivity contribution in [3.8, 4) is 0 Å². The molecule has 88 valence electrons. The van der Waals surface area contributed by atoms with Crippen molar-refractivity contribution in [1.29, 1.82) is 0 Å². The van der Waals surface area contributed by atoms with Crippen LogP contribution in [0.1, 0.15) is 13.8 Å². The van der Waals surface area contributed by atoms with Crippen LogP contribution in [0.3, 0.4) is 0 Å². The summed E-state index contributed by atoms with van der Waals surface area (Å²) < 4.78 is 1.60. The van der Waals surface area contributed by atoms with Crippen molar-refractivity contribution >= 4 is 24.8 Å². The van der Waals surface area contributed by atoms with E-state index in [9.17, 15) is 4.79 Å². The zero-order valence-corrected chi connectivity index (χ0v) is 10.9. The zero-order valence-electron chi connectivity index (χ0n) is 9.30. The van der Waals surface area contributed by atoms with Crippen molar-refractivity contribution in [3.63, 3.8) is 0 Å². The summed E-state index contributed by atoms with van der Waals surface area (Å²) in [6.45, 7) is 3.94. The van der Waals surface area contributed by atoms with E-state index >= 15 is 0 Å². The van der Waals surface area contributed by atoms with Crippen molar-refractivity contribution in [2.45, 2.75) is 19.5 Å². The van der Waals surface area contributed by atoms with Gasteiger partial charge in [-0.1, -0.05) is 0 Å². The van der Waals surface area contributed by atoms with Crippen LogP contribution in [0.25, 0.3) is 0 Å². The lowest BCUT2D eigenvalue weighted by molar-refractivity contribution is 0.104. The van der Waals surface area contributed by atoms with Gasteiger partial charge in [0.2, 0.25) is 0 Å². The van der Waals surface area contributed by atoms with Crippen LogP contribution in [0.5, 0.6) is 0 Å². The number of nitrogens with zero attached hydrogens (tertiary/aromatic N) is 3. The Hall–Kier alpha value is -0.580. The first-order valence-corrected chi connectivity index (χ1v) is 4.18. The van der Waals surface area contributed by atoms with E-state index in [4.69, 9.17) is 0 Å². The molecule has 1 aromatic heterocycles. The molecular weight excluding hydrogens is 237 g/mol. The van der Waals surface area contributed by atoms with Crippen molar-refractivity contribution in [3.05, 3.63) is 28.9 Å². The highest BCUT2D eigenvalue weighted by Gasteiger charge is 2.23. The second-order valence-electron chi connectivity index (χ2n) is 3.66. The molecular formula is C9H17Cl2N3O. The molecule has 1 rings (SSSR count). The molecule has 0 aliphatic carbocycles. The molecule has 0 amide bonds. The molecule has 0 radical (unpaired) electrons. The van der Waals surface area contributed by atoms with Crippen LogP contribution >= 0.6 is 24.8 Å². The van der Waals surface area contributed by atoms with Gasteiger partial charge in [0.25, 0.3) is 0 Å². The summed E-state index contributed by atoms with van der Waals surface area (Å²) in [7, 11) is 3.86. The van der Waals surface area contributed by atoms with Crippen molar-refractivity contribution in [1.82, 2.24) is 14.5 Å². The third-order valence-corrected chi connectivity index (χ3v) is 2.40. The molecule has 0 aromatic carbocycles. The van der Waals surface area contributed by atoms with Crippen LogP contribution in [0.15, 0.2) is 23.3 Å². The molecule has 4 nitrogen and oxygen atoms in total. The smallest absolute Gasteiger partial charge is 0.287 e. The number of aromatic nitrogens is 2. The summed E-state index contributed by atoms with van der Waals surface area (Å²) >= 11 is 0. The van der Waals surface area contributed by atoms with Crippen molar-refractivity contribution in [2.24, 2.45) is 0 Å². The van der Waals surface area contributed by atoms with Crippen LogP contribution in [-0.4, -0.2) is 28.5 Å². The monoisotopic (exact) mass is 253 g/mol. The maximum atomic E-state index is 11.4. The molecule has 0 atom stereocenters. The van der Waals surface area contributed by atoms with Gasteiger partial charge in [-0.2, -0.15) is 0 Å². The van der Waals surface area contributed by atoms with Crippen molar-refractivity contribution < 1.29 is 0 Å². The third kappa shape index (κ3) is 3.48. The quantitative estimate of drug-likeness (QED) is 0.799. The molecule has 0 unspecified atom stereocenters. The average Bonchev–Trinajstić information content (AvgIpc) is 2.04. The maximum absolute atomic E-state index is 11.4. The molecule has 1 heterocycles. The normalized spacial score (nSPS) is 10.5. The Kier molecular flexibility index (Phi) is 6.85. The lowest BCUT2D eigenvalue weighted by Crippen LogP contribution is -2.46. The molecule has 0 bridgehead atoms. The highest BCUT2D eigenvalue weighted by Crippen LogP contribution is 2.13. The minimum Gasteiger partial charge on any atom is -0.287 e. The van der Waals surface area contributed by atoms with E-state index < -0.39 is 0 Å². The van der Waals surface area contributed by atoms with Crippen LogP contribution in [0.4, 0.5) is 0 Å². The van der Waals surface area contributed by atoms with Crippen LogP contribution < -0.4 is 5.69 Å². The minimum atomic E-state index is -0.342. The Morgan fingerprint density at radius 2 is 1.87 bits per heavy atom. The lowest BCUT2D eigenvalue weighted by atomic mass is 10.2. The van der Waals surface area contributed by atoms with E-state index in [-0.39, 0.29) is 36.2 Å². The molecule has 0 saturated carbocycles. The predicted molar refractivity (Wildman–Crippen MR) is 66.0 cm³/mol. The number of hydrogen-bond donors (Lipinski definition) is 0. The van der Waals surface area contributed by atoms with E-state index in [2.05, 4.69) is 4.98 Å². The molecule has 0 spiro atoms. The number of halogens is 2. The summed E-state index contributed by atoms with van der Waals surface area (Å²) in [6.07, 6.45) is 3.25. The van der Waals surface area contributed by atoms with E-state index in [1.54, 1.807) is 16.8 Å². The fraction of sp³-hybridized carbons (Fsp3) is 0.556. The molecule has 15 heavy (non-hydrogen) atoms. The van der Waals surface area contributed by atoms with E-state index in [1.807, 2.05) is 32.8 Å². The molecule has 0 aliphatic rings. The predicted octanol–water partition coefficient (Wildman–Crippen LogP) is 1.34. The van der Waals surface area contributed by atoms with Gasteiger partial charge in [-0.3, -0.25) is 9.47 Å². The van der Waals surface area contributed by atoms with Gasteiger partial charge in [0.1, 0.15) is 0 Å². The molecule has 6 heteroatoms. The highest BCUT2D eigenvalue weighted by atomic mass is 35.5. The average molecular weight is 254 g/mol. The van der Waals surface area contributed by atoms with Crippen LogP contribution in [-0.2, 0) is 5.66 Å². The topological polar surface area (TPSA) is 38.1 Å². The van der Waals surface area contributed by atoms with Gasteiger partial charge in [-0.15, -0.1) is 24.8 Å². The minimum absolute atomic E-state index is 0. The van der Waals surface area contributed by atoms with Crippen molar-refractivity contribution in [2.75, 3.05) is 14.1 Å². The number of rotatable bonds is 2. The van der Waals surface area contributed by atoms with Crippen LogP contribution in [0.2, 0.25) is 0 Å². The first-order valence-electron chi connectivity index (χ1n) is 4.18. The number of hydrogen-bond acceptors (Lipinski definition) is 3. The maximum Gasteiger partial charge on any atom is 0.349 e. The van der Waals surface area contributed by atoms with Gasteiger partial charge >= 0.3 is 5.69 Å². The summed E-state index contributed by atoms with van der Waals surface area (Å²) in [6, 6.07) is 1.76. The Bertz CT molecular complexity index is 349. The van der Waals surface area contributed by atoms with Gasteiger partial charge < -0.3 is 0 Å². The summed E-state index contributed by atoms with van der Waals surface area (Å²) in [5.74, 6) is 0. The van der Waals surface area contributed by atoms with E-state index in [0.29, 0.717) is 0 Å². The van der Waals surface area contributed by atoms with Gasteiger partial charge in [0.05, 0.1) is 5.66 Å². The summed E-state index contributed by atoms with van der Waals surface area (Å²) in [5, 5.41) is 0. The Morgan fingerprint density at radius 3 is 2.27 bits per heavy atom. The Labute approximate surface area is 102 Å². The van der Waals surface area contributed by atoms with Gasteiger partial charge in [-0.05, 0) is 34.0 Å². The van der Waals surface area contributed by atoms with Gasteiger partial charge in [-0.25, -0.2) is 9.78 Å². The van der Waals surface area contributed by atoms with Gasteiger partial charge in [0.15, 0.2) is 0 Å². The van der Waals surface area contributed by atoms with Gasteiger partial charge in [0, 0.05) is 12.4 Å².